The van der Waals surface area contributed by atoms with Gasteiger partial charge in [-0.3, -0.25) is 0 Å². The van der Waals surface area contributed by atoms with Crippen molar-refractivity contribution in [2.75, 3.05) is 0 Å². The molecular formula is C11H13ClO2. The Kier molecular flexibility index (Phi) is 2.20. The number of ether oxygens (including phenoxy) is 1. The number of aliphatic hydroxyl groups is 1. The van der Waals surface area contributed by atoms with Crippen molar-refractivity contribution >= 4 is 11.6 Å². The summed E-state index contributed by atoms with van der Waals surface area (Å²) in [5, 5.41) is 10.6. The van der Waals surface area contributed by atoms with Crippen molar-refractivity contribution in [3.63, 3.8) is 0 Å². The third kappa shape index (κ3) is 1.22. The zero-order valence-corrected chi connectivity index (χ0v) is 9.22. The number of hydrogen-bond acceptors (Lipinski definition) is 2. The molecule has 0 aliphatic carbocycles. The van der Waals surface area contributed by atoms with Crippen molar-refractivity contribution in [1.82, 2.24) is 0 Å². The SMILES string of the molecule is Cc1cc2c(c(C)c1Cl)C(O)C(C)O2. The topological polar surface area (TPSA) is 29.5 Å². The number of aliphatic hydroxyl groups excluding tert-OH is 1. The van der Waals surface area contributed by atoms with Crippen LogP contribution in [0.1, 0.15) is 29.7 Å². The Bertz CT molecular complexity index is 387. The highest BCUT2D eigenvalue weighted by Gasteiger charge is 2.32. The fraction of sp³-hybridized carbons (Fsp3) is 0.455. The van der Waals surface area contributed by atoms with E-state index in [9.17, 15) is 5.11 Å². The predicted molar refractivity (Wildman–Crippen MR) is 56.0 cm³/mol. The van der Waals surface area contributed by atoms with Crippen LogP contribution >= 0.6 is 11.6 Å². The van der Waals surface area contributed by atoms with Gasteiger partial charge in [-0.05, 0) is 38.0 Å². The average molecular weight is 213 g/mol. The Morgan fingerprint density at radius 3 is 2.71 bits per heavy atom. The molecule has 0 saturated heterocycles. The minimum Gasteiger partial charge on any atom is -0.487 e. The van der Waals surface area contributed by atoms with Crippen LogP contribution in [-0.4, -0.2) is 11.2 Å². The molecule has 2 rings (SSSR count). The predicted octanol–water partition coefficient (Wildman–Crippen LogP) is 2.77. The smallest absolute Gasteiger partial charge is 0.126 e. The van der Waals surface area contributed by atoms with Crippen LogP contribution in [0.5, 0.6) is 5.75 Å². The normalized spacial score (nSPS) is 24.6. The monoisotopic (exact) mass is 212 g/mol. The summed E-state index contributed by atoms with van der Waals surface area (Å²) in [5.74, 6) is 0.768. The molecule has 0 radical (unpaired) electrons. The lowest BCUT2D eigenvalue weighted by molar-refractivity contribution is 0.0793. The summed E-state index contributed by atoms with van der Waals surface area (Å²) in [6, 6.07) is 1.89. The Hall–Kier alpha value is -0.730. The number of rotatable bonds is 0. The first-order valence-electron chi connectivity index (χ1n) is 4.66. The standard InChI is InChI=1S/C11H13ClO2/c1-5-4-8-9(6(2)10(5)12)11(13)7(3)14-8/h4,7,11,13H,1-3H3. The molecule has 0 aromatic heterocycles. The van der Waals surface area contributed by atoms with E-state index >= 15 is 0 Å². The molecule has 76 valence electrons. The zero-order valence-electron chi connectivity index (χ0n) is 8.47. The molecule has 3 heteroatoms. The van der Waals surface area contributed by atoms with Gasteiger partial charge in [0.05, 0.1) is 0 Å². The molecule has 1 aliphatic rings. The Morgan fingerprint density at radius 1 is 1.43 bits per heavy atom. The fourth-order valence-electron chi connectivity index (χ4n) is 1.90. The maximum absolute atomic E-state index is 9.86. The molecular weight excluding hydrogens is 200 g/mol. The van der Waals surface area contributed by atoms with Crippen molar-refractivity contribution in [3.05, 3.63) is 27.8 Å². The van der Waals surface area contributed by atoms with E-state index in [1.807, 2.05) is 26.8 Å². The molecule has 0 saturated carbocycles. The van der Waals surface area contributed by atoms with Crippen LogP contribution in [0.15, 0.2) is 6.07 Å². The summed E-state index contributed by atoms with van der Waals surface area (Å²) < 4.78 is 5.53. The lowest BCUT2D eigenvalue weighted by atomic mass is 9.99. The summed E-state index contributed by atoms with van der Waals surface area (Å²) in [7, 11) is 0. The van der Waals surface area contributed by atoms with Gasteiger partial charge in [0.15, 0.2) is 0 Å². The number of benzene rings is 1. The molecule has 2 atom stereocenters. The van der Waals surface area contributed by atoms with Crippen molar-refractivity contribution in [3.8, 4) is 5.75 Å². The van der Waals surface area contributed by atoms with Crippen molar-refractivity contribution in [2.24, 2.45) is 0 Å². The maximum Gasteiger partial charge on any atom is 0.126 e. The Morgan fingerprint density at radius 2 is 2.07 bits per heavy atom. The van der Waals surface area contributed by atoms with Crippen LogP contribution < -0.4 is 4.74 Å². The summed E-state index contributed by atoms with van der Waals surface area (Å²) >= 11 is 6.11. The summed E-state index contributed by atoms with van der Waals surface area (Å²) in [6.45, 7) is 5.71. The average Bonchev–Trinajstić information content (AvgIpc) is 2.39. The van der Waals surface area contributed by atoms with Gasteiger partial charge in [0, 0.05) is 10.6 Å². The molecule has 1 N–H and O–H groups in total. The first-order valence-corrected chi connectivity index (χ1v) is 5.04. The van der Waals surface area contributed by atoms with Gasteiger partial charge >= 0.3 is 0 Å². The number of halogens is 1. The van der Waals surface area contributed by atoms with E-state index in [1.54, 1.807) is 0 Å². The molecule has 0 bridgehead atoms. The maximum atomic E-state index is 9.86. The van der Waals surface area contributed by atoms with Crippen molar-refractivity contribution < 1.29 is 9.84 Å². The second kappa shape index (κ2) is 3.14. The van der Waals surface area contributed by atoms with Gasteiger partial charge in [-0.15, -0.1) is 0 Å². The van der Waals surface area contributed by atoms with Crippen LogP contribution in [0.2, 0.25) is 5.02 Å². The Balaban J connectivity index is 2.65. The molecule has 1 heterocycles. The van der Waals surface area contributed by atoms with Crippen LogP contribution in [0.25, 0.3) is 0 Å². The number of fused-ring (bicyclic) bond motifs is 1. The highest BCUT2D eigenvalue weighted by atomic mass is 35.5. The van der Waals surface area contributed by atoms with Crippen molar-refractivity contribution in [1.29, 1.82) is 0 Å². The van der Waals surface area contributed by atoms with E-state index in [2.05, 4.69) is 0 Å². The van der Waals surface area contributed by atoms with Gasteiger partial charge in [0.1, 0.15) is 18.0 Å². The summed E-state index contributed by atoms with van der Waals surface area (Å²) in [5.41, 5.74) is 2.76. The molecule has 2 nitrogen and oxygen atoms in total. The molecule has 0 spiro atoms. The van der Waals surface area contributed by atoms with Crippen molar-refractivity contribution in [2.45, 2.75) is 33.0 Å². The largest absolute Gasteiger partial charge is 0.487 e. The summed E-state index contributed by atoms with van der Waals surface area (Å²) in [6.07, 6.45) is -0.732. The van der Waals surface area contributed by atoms with Crippen LogP contribution in [0, 0.1) is 13.8 Å². The van der Waals surface area contributed by atoms with E-state index in [0.29, 0.717) is 0 Å². The van der Waals surface area contributed by atoms with Gasteiger partial charge < -0.3 is 9.84 Å². The third-order valence-electron chi connectivity index (χ3n) is 2.75. The van der Waals surface area contributed by atoms with Crippen LogP contribution in [0.4, 0.5) is 0 Å². The van der Waals surface area contributed by atoms with Crippen LogP contribution in [-0.2, 0) is 0 Å². The quantitative estimate of drug-likeness (QED) is 0.717. The molecule has 0 amide bonds. The highest BCUT2D eigenvalue weighted by molar-refractivity contribution is 6.32. The van der Waals surface area contributed by atoms with Gasteiger partial charge in [-0.2, -0.15) is 0 Å². The molecule has 14 heavy (non-hydrogen) atoms. The van der Waals surface area contributed by atoms with Gasteiger partial charge in [0.2, 0.25) is 0 Å². The third-order valence-corrected chi connectivity index (χ3v) is 3.33. The van der Waals surface area contributed by atoms with Gasteiger partial charge in [-0.1, -0.05) is 11.6 Å². The van der Waals surface area contributed by atoms with E-state index in [4.69, 9.17) is 16.3 Å². The zero-order chi connectivity index (χ0) is 10.5. The molecule has 2 unspecified atom stereocenters. The van der Waals surface area contributed by atoms with E-state index in [1.165, 1.54) is 0 Å². The summed E-state index contributed by atoms with van der Waals surface area (Å²) in [4.78, 5) is 0. The van der Waals surface area contributed by atoms with Gasteiger partial charge in [0.25, 0.3) is 0 Å². The van der Waals surface area contributed by atoms with E-state index < -0.39 is 6.10 Å². The molecule has 1 aromatic carbocycles. The number of hydrogen-bond donors (Lipinski definition) is 1. The highest BCUT2D eigenvalue weighted by Crippen LogP contribution is 2.42. The second-order valence-electron chi connectivity index (χ2n) is 3.81. The van der Waals surface area contributed by atoms with Crippen LogP contribution in [0.3, 0.4) is 0 Å². The van der Waals surface area contributed by atoms with Gasteiger partial charge in [-0.25, -0.2) is 0 Å². The van der Waals surface area contributed by atoms with E-state index in [-0.39, 0.29) is 6.10 Å². The fourth-order valence-corrected chi connectivity index (χ4v) is 2.06. The number of aryl methyl sites for hydroxylation is 1. The minimum atomic E-state index is -0.553. The minimum absolute atomic E-state index is 0.179. The lowest BCUT2D eigenvalue weighted by Gasteiger charge is -2.09. The first kappa shape index (κ1) is 9.81. The Labute approximate surface area is 88.5 Å². The lowest BCUT2D eigenvalue weighted by Crippen LogP contribution is -2.13. The molecule has 1 aliphatic heterocycles. The molecule has 0 fully saturated rings. The van der Waals surface area contributed by atoms with E-state index in [0.717, 1.165) is 27.5 Å². The second-order valence-corrected chi connectivity index (χ2v) is 4.19. The first-order chi connectivity index (χ1) is 6.52. The molecule has 1 aromatic rings.